The van der Waals surface area contributed by atoms with Crippen LogP contribution < -0.4 is 10.4 Å². The molecule has 0 amide bonds. The summed E-state index contributed by atoms with van der Waals surface area (Å²) in [7, 11) is 0. The van der Waals surface area contributed by atoms with Gasteiger partial charge in [0.25, 0.3) is 11.4 Å². The summed E-state index contributed by atoms with van der Waals surface area (Å²) in [4.78, 5) is 31.3. The van der Waals surface area contributed by atoms with Gasteiger partial charge in [0.2, 0.25) is 5.69 Å². The summed E-state index contributed by atoms with van der Waals surface area (Å²) in [6.45, 7) is 53.7. The third kappa shape index (κ3) is 19.3. The number of ketones is 2. The molecule has 1 aliphatic carbocycles. The fraction of sp³-hybridized carbons (Fsp3) is 0.250. The monoisotopic (exact) mass is 1180 g/mol. The molecule has 0 fully saturated rings. The summed E-state index contributed by atoms with van der Waals surface area (Å²) >= 11 is 0. The van der Waals surface area contributed by atoms with Gasteiger partial charge in [-0.2, -0.15) is 26.3 Å². The number of benzene rings is 6. The first-order chi connectivity index (χ1) is 41.2. The zero-order chi connectivity index (χ0) is 67.8. The summed E-state index contributed by atoms with van der Waals surface area (Å²) in [6, 6.07) is 29.4. The van der Waals surface area contributed by atoms with Gasteiger partial charge < -0.3 is 0 Å². The lowest BCUT2D eigenvalue weighted by Gasteiger charge is -2.08. The molecule has 7 rings (SSSR count). The molecule has 0 bridgehead atoms. The maximum absolute atomic E-state index is 12.7. The summed E-state index contributed by atoms with van der Waals surface area (Å²) in [5.74, 6) is -5.43. The van der Waals surface area contributed by atoms with Crippen LogP contribution in [0.3, 0.4) is 0 Å². The van der Waals surface area contributed by atoms with Crippen LogP contribution in [0.25, 0.3) is 25.9 Å². The van der Waals surface area contributed by atoms with E-state index in [1.54, 1.807) is 65.8 Å². The molecule has 0 saturated heterocycles. The first kappa shape index (κ1) is 74.5. The Morgan fingerprint density at radius 1 is 0.352 bits per heavy atom. The lowest BCUT2D eigenvalue weighted by Crippen LogP contribution is -2.19. The van der Waals surface area contributed by atoms with Gasteiger partial charge in [0.15, 0.2) is 34.8 Å². The van der Waals surface area contributed by atoms with Crippen molar-refractivity contribution in [2.45, 2.75) is 125 Å². The number of rotatable bonds is 0. The minimum absolute atomic E-state index is 0.0171. The van der Waals surface area contributed by atoms with Crippen LogP contribution in [0, 0.1) is 233 Å². The zero-order valence-corrected chi connectivity index (χ0v) is 52.6. The summed E-state index contributed by atoms with van der Waals surface area (Å²) in [5.41, 5.74) is 16.9. The van der Waals surface area contributed by atoms with Crippen LogP contribution in [-0.2, 0) is 9.59 Å². The summed E-state index contributed by atoms with van der Waals surface area (Å²) in [5, 5.41) is 63.0. The van der Waals surface area contributed by atoms with E-state index in [0.29, 0.717) is 55.0 Å². The van der Waals surface area contributed by atoms with Crippen molar-refractivity contribution in [1.82, 2.24) is 0 Å². The lowest BCUT2D eigenvalue weighted by atomic mass is 9.92. The van der Waals surface area contributed by atoms with Gasteiger partial charge in [-0.3, -0.25) is 9.59 Å². The van der Waals surface area contributed by atoms with Crippen LogP contribution >= 0.6 is 0 Å². The standard InChI is InChI=1S/C14H8N4.C12H6N4.C10H8N2.2C10H14.C8H6F4.C8H8O2/c1-9-5-12(14(8-16)18-4)10(2)6-11(9)13(7-15)17-3;1-7-9(4-13)10(5-14)8(2)12(16-3)11(7)6-15;1-7-3-10(6-12)8(2)4-9(7)5-11;2*1-7-5-9(3)10(4)6-8(7)2;1-3-5(9)7(11)4(2)8(12)6(3)10;1-5-3-8(10)6(2)4-7(5)9/h5-6H,1-2H3;1-2H3;3-4H,1-2H3;2*5-6H,1-4H3;1-2H3;3-4H,1-2H3/b13-11-,14-12+;;;;;;. The molecule has 6 aromatic carbocycles. The fourth-order valence-electron chi connectivity index (χ4n) is 8.04. The number of halogens is 4. The fourth-order valence-corrected chi connectivity index (χ4v) is 8.04. The number of allylic oxidation sites excluding steroid dienone is 4. The Bertz CT molecular complexity index is 3920. The molecule has 0 atom stereocenters. The van der Waals surface area contributed by atoms with Crippen molar-refractivity contribution < 1.29 is 27.2 Å². The van der Waals surface area contributed by atoms with Crippen molar-refractivity contribution in [1.29, 1.82) is 36.8 Å². The first-order valence-corrected chi connectivity index (χ1v) is 26.6. The average Bonchev–Trinajstić information content (AvgIpc) is 1.63. The number of carbonyl (C=O) groups excluding carboxylic acids is 2. The number of aryl methyl sites for hydroxylation is 12. The van der Waals surface area contributed by atoms with E-state index in [0.717, 1.165) is 25.0 Å². The highest BCUT2D eigenvalue weighted by atomic mass is 19.2. The van der Waals surface area contributed by atoms with Crippen molar-refractivity contribution in [3.05, 3.63) is 257 Å². The van der Waals surface area contributed by atoms with E-state index in [-0.39, 0.29) is 45.3 Å². The highest BCUT2D eigenvalue weighted by Gasteiger charge is 2.21. The topological polar surface area (TPSA) is 214 Å². The van der Waals surface area contributed by atoms with Crippen LogP contribution in [0.1, 0.15) is 131 Å². The number of nitriles is 7. The number of nitrogens with zero attached hydrogens (tertiary/aromatic N) is 10. The van der Waals surface area contributed by atoms with Crippen molar-refractivity contribution >= 4 is 28.6 Å². The Hall–Kier alpha value is -11.5. The predicted octanol–water partition coefficient (Wildman–Crippen LogP) is 15.7. The van der Waals surface area contributed by atoms with Gasteiger partial charge in [-0.15, -0.1) is 0 Å². The van der Waals surface area contributed by atoms with Gasteiger partial charge in [0.05, 0.1) is 83.9 Å². The molecule has 0 aromatic heterocycles. The minimum atomic E-state index is -1.33. The number of carbonyl (C=O) groups is 2. The third-order valence-electron chi connectivity index (χ3n) is 14.1. The molecule has 0 aliphatic heterocycles. The molecule has 16 heteroatoms. The third-order valence-corrected chi connectivity index (χ3v) is 14.1. The van der Waals surface area contributed by atoms with E-state index < -0.39 is 34.4 Å². The second-order valence-corrected chi connectivity index (χ2v) is 20.4. The molecule has 0 saturated carbocycles. The Labute approximate surface area is 514 Å². The lowest BCUT2D eigenvalue weighted by molar-refractivity contribution is -0.115. The maximum Gasteiger partial charge on any atom is 0.269 e. The first-order valence-electron chi connectivity index (χ1n) is 26.6. The van der Waals surface area contributed by atoms with Crippen molar-refractivity contribution in [3.63, 3.8) is 0 Å². The highest BCUT2D eigenvalue weighted by molar-refractivity contribution is 6.19. The second kappa shape index (κ2) is 34.3. The second-order valence-electron chi connectivity index (χ2n) is 20.4. The molecular weight excluding hydrogens is 1110 g/mol. The predicted molar refractivity (Wildman–Crippen MR) is 332 cm³/mol. The molecule has 12 nitrogen and oxygen atoms in total. The molecule has 442 valence electrons. The largest absolute Gasteiger partial charge is 0.290 e. The molecule has 0 spiro atoms. The van der Waals surface area contributed by atoms with E-state index in [1.807, 2.05) is 44.2 Å². The van der Waals surface area contributed by atoms with Gasteiger partial charge in [0.1, 0.15) is 6.07 Å². The van der Waals surface area contributed by atoms with Gasteiger partial charge in [-0.05, 0) is 226 Å². The SMILES string of the molecule is CC1=CC(=O)C(C)=CC1=O.Cc1c(F)c(F)c(C)c(F)c1F.Cc1cc(C#N)c(C)cc1C#N.Cc1cc(C)c(C)cc1C.Cc1cc(C)c(C)cc1C.[C-]#[N+]/C(C#N)=c1/cc(C)/c(=C(\C#N)[N+]#[C-])cc1C.[C-]#[N+]c1c(C)c(C#N)c(C#N)c(C)c1C#N. The van der Waals surface area contributed by atoms with Crippen molar-refractivity contribution in [2.75, 3.05) is 0 Å². The molecule has 0 unspecified atom stereocenters. The van der Waals surface area contributed by atoms with E-state index in [2.05, 4.69) is 106 Å². The van der Waals surface area contributed by atoms with Crippen LogP contribution in [0.5, 0.6) is 0 Å². The van der Waals surface area contributed by atoms with Crippen LogP contribution in [0.4, 0.5) is 23.2 Å². The Morgan fingerprint density at radius 3 is 0.852 bits per heavy atom. The molecular formula is C72H64F4N10O2. The van der Waals surface area contributed by atoms with E-state index in [4.69, 9.17) is 56.5 Å². The minimum Gasteiger partial charge on any atom is -0.290 e. The van der Waals surface area contributed by atoms with Crippen LogP contribution in [-0.4, -0.2) is 11.6 Å². The number of hydrogen-bond acceptors (Lipinski definition) is 9. The molecule has 0 heterocycles. The maximum atomic E-state index is 12.7. The highest BCUT2D eigenvalue weighted by Crippen LogP contribution is 2.33. The normalized spacial score (nSPS) is 11.0. The molecule has 88 heavy (non-hydrogen) atoms. The zero-order valence-electron chi connectivity index (χ0n) is 52.6. The van der Waals surface area contributed by atoms with Gasteiger partial charge in [-0.1, -0.05) is 47.5 Å². The molecule has 0 radical (unpaired) electrons. The van der Waals surface area contributed by atoms with Crippen molar-refractivity contribution in [3.8, 4) is 42.5 Å². The molecule has 1 aliphatic rings. The smallest absolute Gasteiger partial charge is 0.269 e. The van der Waals surface area contributed by atoms with Gasteiger partial charge in [-0.25, -0.2) is 42.6 Å². The van der Waals surface area contributed by atoms with Gasteiger partial charge in [0, 0.05) is 22.3 Å². The van der Waals surface area contributed by atoms with Gasteiger partial charge >= 0.3 is 0 Å². The summed E-state index contributed by atoms with van der Waals surface area (Å²) in [6.07, 6.45) is 2.75. The van der Waals surface area contributed by atoms with E-state index in [1.165, 1.54) is 56.7 Å². The summed E-state index contributed by atoms with van der Waals surface area (Å²) < 4.78 is 50.6. The average molecular weight is 1180 g/mol. The molecule has 6 aromatic rings. The molecule has 0 N–H and O–H groups in total. The Kier molecular flexibility index (Phi) is 29.1. The van der Waals surface area contributed by atoms with E-state index >= 15 is 0 Å². The Morgan fingerprint density at radius 2 is 0.625 bits per heavy atom. The Balaban J connectivity index is 0.000000519. The van der Waals surface area contributed by atoms with Crippen LogP contribution in [0.2, 0.25) is 0 Å². The van der Waals surface area contributed by atoms with Crippen molar-refractivity contribution in [2.24, 2.45) is 0 Å². The number of hydrogen-bond donors (Lipinski definition) is 0. The van der Waals surface area contributed by atoms with Crippen LogP contribution in [0.15, 0.2) is 71.8 Å². The van der Waals surface area contributed by atoms with E-state index in [9.17, 15) is 27.2 Å². The quantitative estimate of drug-likeness (QED) is 0.0611.